The van der Waals surface area contributed by atoms with Crippen molar-refractivity contribution in [3.8, 4) is 17.2 Å². The van der Waals surface area contributed by atoms with Gasteiger partial charge in [-0.15, -0.1) is 0 Å². The van der Waals surface area contributed by atoms with Crippen molar-refractivity contribution in [3.05, 3.63) is 65.9 Å². The molecule has 2 aromatic carbocycles. The highest BCUT2D eigenvalue weighted by Gasteiger charge is 2.19. The molecule has 1 aliphatic heterocycles. The van der Waals surface area contributed by atoms with Gasteiger partial charge in [0.05, 0.1) is 17.1 Å². The van der Waals surface area contributed by atoms with Crippen molar-refractivity contribution >= 4 is 10.9 Å². The van der Waals surface area contributed by atoms with E-state index < -0.39 is 0 Å². The van der Waals surface area contributed by atoms with Crippen molar-refractivity contribution in [1.29, 1.82) is 5.26 Å². The number of nitriles is 1. The predicted octanol–water partition coefficient (Wildman–Crippen LogP) is 4.80. The molecule has 0 aliphatic carbocycles. The van der Waals surface area contributed by atoms with Crippen LogP contribution in [0.15, 0.2) is 54.6 Å². The second-order valence-corrected chi connectivity index (χ2v) is 7.18. The maximum atomic E-state index is 9.09. The first-order valence-electron chi connectivity index (χ1n) is 9.37. The molecule has 1 aliphatic rings. The van der Waals surface area contributed by atoms with Gasteiger partial charge in [-0.1, -0.05) is 24.3 Å². The van der Waals surface area contributed by atoms with Crippen LogP contribution in [-0.2, 0) is 6.42 Å². The van der Waals surface area contributed by atoms with Crippen LogP contribution in [0.25, 0.3) is 22.0 Å². The largest absolute Gasteiger partial charge is 0.300 e. The third-order valence-corrected chi connectivity index (χ3v) is 5.42. The average molecular weight is 341 g/mol. The van der Waals surface area contributed by atoms with Gasteiger partial charge in [0.2, 0.25) is 0 Å². The number of fused-ring (bicyclic) bond motifs is 1. The van der Waals surface area contributed by atoms with E-state index >= 15 is 0 Å². The number of rotatable bonds is 4. The summed E-state index contributed by atoms with van der Waals surface area (Å²) in [5.41, 5.74) is 5.08. The Hall–Kier alpha value is -2.70. The molecule has 0 radical (unpaired) electrons. The van der Waals surface area contributed by atoms with Crippen LogP contribution < -0.4 is 0 Å². The predicted molar refractivity (Wildman–Crippen MR) is 106 cm³/mol. The molecule has 1 fully saturated rings. The first-order valence-corrected chi connectivity index (χ1v) is 9.37. The van der Waals surface area contributed by atoms with Gasteiger partial charge >= 0.3 is 0 Å². The highest BCUT2D eigenvalue weighted by atomic mass is 15.2. The molecule has 1 saturated heterocycles. The molecule has 1 aromatic heterocycles. The van der Waals surface area contributed by atoms with E-state index in [1.165, 1.54) is 19.4 Å². The monoisotopic (exact) mass is 341 g/mol. The summed E-state index contributed by atoms with van der Waals surface area (Å²) in [6.45, 7) is 4.64. The molecule has 0 saturated carbocycles. The minimum absolute atomic E-state index is 0.687. The lowest BCUT2D eigenvalue weighted by Crippen LogP contribution is -2.29. The first-order chi connectivity index (χ1) is 12.7. The fourth-order valence-electron chi connectivity index (χ4n) is 3.84. The highest BCUT2D eigenvalue weighted by molar-refractivity contribution is 5.84. The summed E-state index contributed by atoms with van der Waals surface area (Å²) in [5, 5.41) is 10.2. The molecule has 0 spiro atoms. The van der Waals surface area contributed by atoms with Crippen LogP contribution in [0.2, 0.25) is 0 Å². The Kier molecular flexibility index (Phi) is 4.69. The molecule has 0 bridgehead atoms. The van der Waals surface area contributed by atoms with Crippen LogP contribution in [0.5, 0.6) is 0 Å². The Balaban J connectivity index is 1.55. The number of likely N-dealkylation sites (tertiary alicyclic amines) is 1. The molecule has 2 heterocycles. The number of nitrogens with zero attached hydrogens (tertiary/aromatic N) is 3. The molecule has 3 nitrogen and oxygen atoms in total. The third-order valence-electron chi connectivity index (χ3n) is 5.42. The van der Waals surface area contributed by atoms with Crippen LogP contribution in [-0.4, -0.2) is 29.0 Å². The topological polar surface area (TPSA) is 39.9 Å². The highest BCUT2D eigenvalue weighted by Crippen LogP contribution is 2.25. The van der Waals surface area contributed by atoms with Crippen molar-refractivity contribution in [2.24, 2.45) is 0 Å². The van der Waals surface area contributed by atoms with Crippen molar-refractivity contribution in [2.75, 3.05) is 13.1 Å². The smallest absolute Gasteiger partial charge is 0.0991 e. The quantitative estimate of drug-likeness (QED) is 0.684. The number of aromatic nitrogens is 1. The standard InChI is InChI=1S/C23H23N3/c1-17-4-3-12-26(17)13-11-22-9-7-21-15-20(8-10-23(21)25-22)19-6-2-5-18(14-19)16-24/h2,5-10,14-15,17H,3-4,11-13H2,1H3/t17-/m1/s1. The van der Waals surface area contributed by atoms with E-state index in [2.05, 4.69) is 48.2 Å². The fourth-order valence-corrected chi connectivity index (χ4v) is 3.84. The molecule has 26 heavy (non-hydrogen) atoms. The van der Waals surface area contributed by atoms with Crippen molar-refractivity contribution < 1.29 is 0 Å². The van der Waals surface area contributed by atoms with E-state index in [0.29, 0.717) is 11.6 Å². The lowest BCUT2D eigenvalue weighted by atomic mass is 10.0. The Bertz CT molecular complexity index is 971. The summed E-state index contributed by atoms with van der Waals surface area (Å²) < 4.78 is 0. The molecule has 3 heteroatoms. The molecule has 4 rings (SSSR count). The molecule has 0 N–H and O–H groups in total. The number of benzene rings is 2. The van der Waals surface area contributed by atoms with Crippen molar-refractivity contribution in [2.45, 2.75) is 32.2 Å². The van der Waals surface area contributed by atoms with Gasteiger partial charge in [0, 0.05) is 30.1 Å². The maximum absolute atomic E-state index is 9.09. The van der Waals surface area contributed by atoms with Crippen molar-refractivity contribution in [1.82, 2.24) is 9.88 Å². The van der Waals surface area contributed by atoms with Gasteiger partial charge in [0.25, 0.3) is 0 Å². The Labute approximate surface area is 154 Å². The summed E-state index contributed by atoms with van der Waals surface area (Å²) in [6, 6.07) is 21.3. The molecule has 0 amide bonds. The zero-order valence-electron chi connectivity index (χ0n) is 15.2. The summed E-state index contributed by atoms with van der Waals surface area (Å²) in [5.74, 6) is 0. The summed E-state index contributed by atoms with van der Waals surface area (Å²) >= 11 is 0. The minimum atomic E-state index is 0.687. The van der Waals surface area contributed by atoms with Gasteiger partial charge in [0.1, 0.15) is 0 Å². The summed E-state index contributed by atoms with van der Waals surface area (Å²) in [6.07, 6.45) is 3.65. The second-order valence-electron chi connectivity index (χ2n) is 7.18. The molecule has 0 unspecified atom stereocenters. The van der Waals surface area contributed by atoms with Crippen LogP contribution >= 0.6 is 0 Å². The molecule has 3 aromatic rings. The van der Waals surface area contributed by atoms with Crippen LogP contribution in [0, 0.1) is 11.3 Å². The second kappa shape index (κ2) is 7.27. The molecule has 130 valence electrons. The third kappa shape index (κ3) is 3.47. The summed E-state index contributed by atoms with van der Waals surface area (Å²) in [7, 11) is 0. The van der Waals surface area contributed by atoms with Gasteiger partial charge in [-0.25, -0.2) is 0 Å². The van der Waals surface area contributed by atoms with E-state index in [4.69, 9.17) is 10.2 Å². The van der Waals surface area contributed by atoms with Gasteiger partial charge in [-0.3, -0.25) is 4.98 Å². The number of pyridine rings is 1. The van der Waals surface area contributed by atoms with E-state index in [-0.39, 0.29) is 0 Å². The lowest BCUT2D eigenvalue weighted by Gasteiger charge is -2.20. The fraction of sp³-hybridized carbons (Fsp3) is 0.304. The van der Waals surface area contributed by atoms with Crippen molar-refractivity contribution in [3.63, 3.8) is 0 Å². The first kappa shape index (κ1) is 16.8. The van der Waals surface area contributed by atoms with Crippen LogP contribution in [0.3, 0.4) is 0 Å². The molecule has 1 atom stereocenters. The molecular formula is C23H23N3. The SMILES string of the molecule is C[C@@H]1CCCN1CCc1ccc2cc(-c3cccc(C#N)c3)ccc2n1. The number of hydrogen-bond donors (Lipinski definition) is 0. The lowest BCUT2D eigenvalue weighted by molar-refractivity contribution is 0.271. The maximum Gasteiger partial charge on any atom is 0.0991 e. The Morgan fingerprint density at radius 3 is 2.81 bits per heavy atom. The van der Waals surface area contributed by atoms with Crippen LogP contribution in [0.4, 0.5) is 0 Å². The van der Waals surface area contributed by atoms with E-state index in [0.717, 1.165) is 40.7 Å². The average Bonchev–Trinajstić information content (AvgIpc) is 3.10. The summed E-state index contributed by atoms with van der Waals surface area (Å²) in [4.78, 5) is 7.42. The van der Waals surface area contributed by atoms with Gasteiger partial charge < -0.3 is 4.90 Å². The van der Waals surface area contributed by atoms with Gasteiger partial charge in [-0.2, -0.15) is 5.26 Å². The van der Waals surface area contributed by atoms with E-state index in [9.17, 15) is 0 Å². The van der Waals surface area contributed by atoms with E-state index in [1.807, 2.05) is 24.3 Å². The Morgan fingerprint density at radius 2 is 2.00 bits per heavy atom. The number of hydrogen-bond acceptors (Lipinski definition) is 3. The van der Waals surface area contributed by atoms with Gasteiger partial charge in [0.15, 0.2) is 0 Å². The van der Waals surface area contributed by atoms with Crippen LogP contribution in [0.1, 0.15) is 31.0 Å². The Morgan fingerprint density at radius 1 is 1.12 bits per heavy atom. The normalized spacial score (nSPS) is 17.5. The van der Waals surface area contributed by atoms with E-state index in [1.54, 1.807) is 0 Å². The zero-order valence-corrected chi connectivity index (χ0v) is 15.2. The molecular weight excluding hydrogens is 318 g/mol. The van der Waals surface area contributed by atoms with Gasteiger partial charge in [-0.05, 0) is 67.8 Å². The zero-order chi connectivity index (χ0) is 17.9. The minimum Gasteiger partial charge on any atom is -0.300 e.